The number of hydrogen-bond acceptors (Lipinski definition) is 3. The Morgan fingerprint density at radius 3 is 2.68 bits per heavy atom. The van der Waals surface area contributed by atoms with Crippen molar-refractivity contribution in [2.75, 3.05) is 20.3 Å². The minimum atomic E-state index is -0.354. The minimum absolute atomic E-state index is 0.0691. The fraction of sp³-hybridized carbons (Fsp3) is 0.429. The van der Waals surface area contributed by atoms with E-state index in [-0.39, 0.29) is 11.9 Å². The van der Waals surface area contributed by atoms with E-state index in [2.05, 4.69) is 22.5 Å². The Balaban J connectivity index is 2.04. The second-order valence-electron chi connectivity index (χ2n) is 4.38. The van der Waals surface area contributed by atoms with Crippen molar-refractivity contribution < 1.29 is 9.53 Å². The molecule has 1 amide bonds. The third kappa shape index (κ3) is 3.32. The molecule has 1 aliphatic heterocycles. The molecular formula is C14H19N3O2. The summed E-state index contributed by atoms with van der Waals surface area (Å²) in [6.45, 7) is 3.17. The summed E-state index contributed by atoms with van der Waals surface area (Å²) in [6.07, 6.45) is 0.994. The molecule has 1 fully saturated rings. The molecule has 5 heteroatoms. The number of rotatable bonds is 5. The fourth-order valence-corrected chi connectivity index (χ4v) is 1.94. The lowest BCUT2D eigenvalue weighted by molar-refractivity contribution is -0.120. The highest BCUT2D eigenvalue weighted by Crippen LogP contribution is 2.17. The first kappa shape index (κ1) is 13.5. The van der Waals surface area contributed by atoms with Crippen molar-refractivity contribution in [3.05, 3.63) is 35.4 Å². The van der Waals surface area contributed by atoms with Crippen LogP contribution in [0.2, 0.25) is 0 Å². The van der Waals surface area contributed by atoms with E-state index in [1.165, 1.54) is 5.56 Å². The third-order valence-corrected chi connectivity index (χ3v) is 3.07. The quantitative estimate of drug-likeness (QED) is 0.778. The highest BCUT2D eigenvalue weighted by atomic mass is 16.5. The number of carbonyl (C=O) groups excluding carboxylic acids is 1. The monoisotopic (exact) mass is 261 g/mol. The van der Waals surface area contributed by atoms with Crippen LogP contribution >= 0.6 is 0 Å². The number of amides is 1. The lowest BCUT2D eigenvalue weighted by Gasteiger charge is -2.08. The summed E-state index contributed by atoms with van der Waals surface area (Å²) in [6, 6.07) is 7.70. The van der Waals surface area contributed by atoms with Crippen LogP contribution in [0.25, 0.3) is 0 Å². The van der Waals surface area contributed by atoms with E-state index in [9.17, 15) is 4.79 Å². The summed E-state index contributed by atoms with van der Waals surface area (Å²) in [5.41, 5.74) is 2.21. The van der Waals surface area contributed by atoms with Crippen molar-refractivity contribution in [3.63, 3.8) is 0 Å². The van der Waals surface area contributed by atoms with E-state index < -0.39 is 0 Å². The van der Waals surface area contributed by atoms with Gasteiger partial charge in [0.25, 0.3) is 5.91 Å². The Bertz CT molecular complexity index is 468. The Morgan fingerprint density at radius 1 is 1.32 bits per heavy atom. The van der Waals surface area contributed by atoms with Gasteiger partial charge in [0.05, 0.1) is 13.2 Å². The maximum atomic E-state index is 11.9. The van der Waals surface area contributed by atoms with E-state index in [0.29, 0.717) is 19.1 Å². The molecule has 0 spiro atoms. The summed E-state index contributed by atoms with van der Waals surface area (Å²) in [5, 5.41) is 5.82. The second-order valence-corrected chi connectivity index (χ2v) is 4.38. The first-order chi connectivity index (χ1) is 9.24. The standard InChI is InChI=1S/C14H19N3O2/c1-3-10-4-6-11(7-5-10)12-13(18)17-14(16-12)15-8-9-19-2/h4-7,12H,3,8-9H2,1-2H3,(H2,15,16,17,18). The van der Waals surface area contributed by atoms with Crippen molar-refractivity contribution in [2.45, 2.75) is 19.4 Å². The number of aryl methyl sites for hydroxylation is 1. The second kappa shape index (κ2) is 6.33. The smallest absolute Gasteiger partial charge is 0.253 e. The summed E-state index contributed by atoms with van der Waals surface area (Å²) in [4.78, 5) is 16.1. The molecule has 1 unspecified atom stereocenters. The zero-order valence-corrected chi connectivity index (χ0v) is 11.3. The lowest BCUT2D eigenvalue weighted by Crippen LogP contribution is -2.26. The SMILES string of the molecule is CCc1ccc(C2NC(=NCCOC)NC2=O)cc1. The molecule has 1 heterocycles. The van der Waals surface area contributed by atoms with Crippen LogP contribution in [0.1, 0.15) is 24.1 Å². The average Bonchev–Trinajstić information content (AvgIpc) is 2.80. The van der Waals surface area contributed by atoms with E-state index in [1.807, 2.05) is 24.3 Å². The van der Waals surface area contributed by atoms with Crippen LogP contribution in [0.3, 0.4) is 0 Å². The molecule has 2 rings (SSSR count). The average molecular weight is 261 g/mol. The lowest BCUT2D eigenvalue weighted by atomic mass is 10.0. The first-order valence-corrected chi connectivity index (χ1v) is 6.44. The van der Waals surface area contributed by atoms with Crippen LogP contribution < -0.4 is 10.6 Å². The summed E-state index contributed by atoms with van der Waals surface area (Å²) in [5.74, 6) is 0.451. The van der Waals surface area contributed by atoms with Crippen molar-refractivity contribution in [2.24, 2.45) is 4.99 Å². The van der Waals surface area contributed by atoms with E-state index in [0.717, 1.165) is 12.0 Å². The number of nitrogens with one attached hydrogen (secondary N) is 2. The van der Waals surface area contributed by atoms with Crippen molar-refractivity contribution in [1.82, 2.24) is 10.6 Å². The van der Waals surface area contributed by atoms with Crippen molar-refractivity contribution >= 4 is 11.9 Å². The Kier molecular flexibility index (Phi) is 4.52. The molecular weight excluding hydrogens is 242 g/mol. The van der Waals surface area contributed by atoms with Gasteiger partial charge in [-0.2, -0.15) is 0 Å². The van der Waals surface area contributed by atoms with Gasteiger partial charge in [0.2, 0.25) is 0 Å². The van der Waals surface area contributed by atoms with Crippen molar-refractivity contribution in [3.8, 4) is 0 Å². The van der Waals surface area contributed by atoms with Gasteiger partial charge in [0, 0.05) is 7.11 Å². The maximum absolute atomic E-state index is 11.9. The van der Waals surface area contributed by atoms with E-state index >= 15 is 0 Å². The molecule has 0 aliphatic carbocycles. The van der Waals surface area contributed by atoms with Gasteiger partial charge in [0.15, 0.2) is 5.96 Å². The van der Waals surface area contributed by atoms with Gasteiger partial charge in [-0.05, 0) is 17.5 Å². The molecule has 1 saturated heterocycles. The molecule has 1 aromatic carbocycles. The Labute approximate surface area is 113 Å². The van der Waals surface area contributed by atoms with Gasteiger partial charge in [-0.3, -0.25) is 15.1 Å². The van der Waals surface area contributed by atoms with Crippen LogP contribution in [0, 0.1) is 0 Å². The van der Waals surface area contributed by atoms with Crippen LogP contribution in [0.4, 0.5) is 0 Å². The molecule has 1 aliphatic rings. The van der Waals surface area contributed by atoms with E-state index in [1.54, 1.807) is 7.11 Å². The van der Waals surface area contributed by atoms with Gasteiger partial charge >= 0.3 is 0 Å². The largest absolute Gasteiger partial charge is 0.383 e. The Morgan fingerprint density at radius 2 is 2.05 bits per heavy atom. The number of aliphatic imine (C=N–C) groups is 1. The Hall–Kier alpha value is -1.88. The predicted octanol–water partition coefficient (Wildman–Crippen LogP) is 1.01. The minimum Gasteiger partial charge on any atom is -0.383 e. The molecule has 0 aromatic heterocycles. The molecule has 2 N–H and O–H groups in total. The number of benzene rings is 1. The number of guanidine groups is 1. The zero-order chi connectivity index (χ0) is 13.7. The third-order valence-electron chi connectivity index (χ3n) is 3.07. The van der Waals surface area contributed by atoms with Crippen LogP contribution in [-0.4, -0.2) is 32.1 Å². The normalized spacial score (nSPS) is 20.4. The predicted molar refractivity (Wildman–Crippen MR) is 74.0 cm³/mol. The molecule has 102 valence electrons. The van der Waals surface area contributed by atoms with Gasteiger partial charge in [-0.15, -0.1) is 0 Å². The molecule has 5 nitrogen and oxygen atoms in total. The van der Waals surface area contributed by atoms with Gasteiger partial charge in [0.1, 0.15) is 6.04 Å². The molecule has 0 radical (unpaired) electrons. The summed E-state index contributed by atoms with van der Waals surface area (Å²) < 4.78 is 4.92. The number of hydrogen-bond donors (Lipinski definition) is 2. The zero-order valence-electron chi connectivity index (χ0n) is 11.3. The summed E-state index contributed by atoms with van der Waals surface area (Å²) in [7, 11) is 1.62. The van der Waals surface area contributed by atoms with Crippen molar-refractivity contribution in [1.29, 1.82) is 0 Å². The fourth-order valence-electron chi connectivity index (χ4n) is 1.94. The molecule has 0 saturated carbocycles. The van der Waals surface area contributed by atoms with Gasteiger partial charge in [-0.25, -0.2) is 0 Å². The summed E-state index contributed by atoms with van der Waals surface area (Å²) >= 11 is 0. The van der Waals surface area contributed by atoms with E-state index in [4.69, 9.17) is 4.74 Å². The van der Waals surface area contributed by atoms with Gasteiger partial charge < -0.3 is 10.1 Å². The molecule has 1 atom stereocenters. The maximum Gasteiger partial charge on any atom is 0.253 e. The number of nitrogens with zero attached hydrogens (tertiary/aromatic N) is 1. The molecule has 1 aromatic rings. The number of methoxy groups -OCH3 is 1. The highest BCUT2D eigenvalue weighted by molar-refractivity contribution is 6.06. The highest BCUT2D eigenvalue weighted by Gasteiger charge is 2.29. The number of ether oxygens (including phenoxy) is 1. The van der Waals surface area contributed by atoms with Crippen LogP contribution in [-0.2, 0) is 16.0 Å². The van der Waals surface area contributed by atoms with Gasteiger partial charge in [-0.1, -0.05) is 31.2 Å². The number of carbonyl (C=O) groups is 1. The first-order valence-electron chi connectivity index (χ1n) is 6.44. The van der Waals surface area contributed by atoms with Crippen LogP contribution in [0.5, 0.6) is 0 Å². The molecule has 19 heavy (non-hydrogen) atoms. The molecule has 0 bridgehead atoms. The topological polar surface area (TPSA) is 62.7 Å². The van der Waals surface area contributed by atoms with Crippen LogP contribution in [0.15, 0.2) is 29.3 Å².